The highest BCUT2D eigenvalue weighted by Gasteiger charge is 2.41. The molecular formula is C18H28N4O3S. The van der Waals surface area contributed by atoms with Gasteiger partial charge in [0.25, 0.3) is 0 Å². The third-order valence-corrected chi connectivity index (χ3v) is 6.12. The number of hydrogen-bond acceptors (Lipinski definition) is 5. The summed E-state index contributed by atoms with van der Waals surface area (Å²) in [6.45, 7) is 6.93. The van der Waals surface area contributed by atoms with E-state index >= 15 is 0 Å². The lowest BCUT2D eigenvalue weighted by Crippen LogP contribution is -2.59. The number of urea groups is 1. The van der Waals surface area contributed by atoms with Crippen molar-refractivity contribution in [2.45, 2.75) is 44.6 Å². The van der Waals surface area contributed by atoms with Gasteiger partial charge in [0.2, 0.25) is 5.91 Å². The number of nitrogens with zero attached hydrogens (tertiary/aromatic N) is 3. The fourth-order valence-electron chi connectivity index (χ4n) is 3.40. The van der Waals surface area contributed by atoms with E-state index in [0.717, 1.165) is 30.0 Å². The summed E-state index contributed by atoms with van der Waals surface area (Å²) in [4.78, 5) is 32.1. The van der Waals surface area contributed by atoms with E-state index in [0.29, 0.717) is 32.1 Å². The van der Waals surface area contributed by atoms with Gasteiger partial charge in [-0.05, 0) is 18.8 Å². The lowest BCUT2D eigenvalue weighted by molar-refractivity contribution is -0.167. The van der Waals surface area contributed by atoms with E-state index in [4.69, 9.17) is 4.74 Å². The molecule has 8 heteroatoms. The van der Waals surface area contributed by atoms with Crippen LogP contribution in [0.1, 0.15) is 43.3 Å². The molecule has 144 valence electrons. The van der Waals surface area contributed by atoms with Gasteiger partial charge in [0.1, 0.15) is 6.61 Å². The van der Waals surface area contributed by atoms with Crippen LogP contribution < -0.4 is 5.32 Å². The first-order chi connectivity index (χ1) is 12.4. The number of piperidine rings is 1. The van der Waals surface area contributed by atoms with Gasteiger partial charge in [-0.15, -0.1) is 11.3 Å². The minimum atomic E-state index is -0.284. The molecule has 2 saturated heterocycles. The van der Waals surface area contributed by atoms with Gasteiger partial charge >= 0.3 is 6.03 Å². The molecular weight excluding hydrogens is 352 g/mol. The maximum absolute atomic E-state index is 12.4. The van der Waals surface area contributed by atoms with Crippen LogP contribution in [-0.2, 0) is 16.0 Å². The summed E-state index contributed by atoms with van der Waals surface area (Å²) in [5.41, 5.74) is 0.835. The molecule has 1 N–H and O–H groups in total. The number of carbonyl (C=O) groups is 2. The molecule has 0 unspecified atom stereocenters. The van der Waals surface area contributed by atoms with Crippen LogP contribution in [-0.4, -0.2) is 72.2 Å². The van der Waals surface area contributed by atoms with Crippen LogP contribution in [0.3, 0.4) is 0 Å². The Morgan fingerprint density at radius 3 is 2.77 bits per heavy atom. The van der Waals surface area contributed by atoms with Gasteiger partial charge in [-0.25, -0.2) is 9.78 Å². The summed E-state index contributed by atoms with van der Waals surface area (Å²) in [5.74, 6) is 0.463. The van der Waals surface area contributed by atoms with Crippen LogP contribution in [0.15, 0.2) is 5.38 Å². The zero-order valence-electron chi connectivity index (χ0n) is 15.8. The maximum atomic E-state index is 12.4. The van der Waals surface area contributed by atoms with Crippen LogP contribution in [0.4, 0.5) is 4.79 Å². The zero-order valence-corrected chi connectivity index (χ0v) is 16.6. The molecule has 2 aliphatic heterocycles. The molecule has 0 saturated carbocycles. The Labute approximate surface area is 158 Å². The van der Waals surface area contributed by atoms with Crippen LogP contribution in [0, 0.1) is 0 Å². The maximum Gasteiger partial charge on any atom is 0.317 e. The number of nitrogens with one attached hydrogen (secondary N) is 1. The number of thiazole rings is 1. The molecule has 3 heterocycles. The molecule has 0 atom stereocenters. The van der Waals surface area contributed by atoms with Crippen LogP contribution in [0.25, 0.3) is 0 Å². The van der Waals surface area contributed by atoms with Crippen molar-refractivity contribution in [3.63, 3.8) is 0 Å². The highest BCUT2D eigenvalue weighted by Crippen LogP contribution is 2.30. The lowest BCUT2D eigenvalue weighted by Gasteiger charge is -2.46. The molecule has 0 aromatic carbocycles. The van der Waals surface area contributed by atoms with Gasteiger partial charge in [-0.1, -0.05) is 13.8 Å². The van der Waals surface area contributed by atoms with E-state index in [1.165, 1.54) is 0 Å². The second-order valence-electron chi connectivity index (χ2n) is 7.51. The average molecular weight is 381 g/mol. The minimum absolute atomic E-state index is 0.0265. The number of ether oxygens (including phenoxy) is 1. The number of likely N-dealkylation sites (tertiary alicyclic amines) is 1. The molecule has 1 aromatic heterocycles. The van der Waals surface area contributed by atoms with E-state index < -0.39 is 0 Å². The van der Waals surface area contributed by atoms with Crippen molar-refractivity contribution < 1.29 is 14.3 Å². The minimum Gasteiger partial charge on any atom is -0.363 e. The number of carbonyl (C=O) groups excluding carboxylic acids is 2. The van der Waals surface area contributed by atoms with Gasteiger partial charge in [0, 0.05) is 45.0 Å². The summed E-state index contributed by atoms with van der Waals surface area (Å²) in [7, 11) is 1.81. The summed E-state index contributed by atoms with van der Waals surface area (Å²) in [5, 5.41) is 6.15. The van der Waals surface area contributed by atoms with E-state index in [2.05, 4.69) is 29.5 Å². The zero-order chi connectivity index (χ0) is 18.7. The number of amides is 3. The topological polar surface area (TPSA) is 74.8 Å². The van der Waals surface area contributed by atoms with E-state index in [1.807, 2.05) is 11.9 Å². The number of rotatable bonds is 4. The van der Waals surface area contributed by atoms with E-state index in [1.54, 1.807) is 16.2 Å². The van der Waals surface area contributed by atoms with Crippen molar-refractivity contribution in [2.24, 2.45) is 0 Å². The molecule has 1 aromatic rings. The third kappa shape index (κ3) is 4.35. The van der Waals surface area contributed by atoms with Crippen molar-refractivity contribution in [3.8, 4) is 0 Å². The predicted molar refractivity (Wildman–Crippen MR) is 100 cm³/mol. The molecule has 2 aliphatic rings. The number of hydrogen-bond donors (Lipinski definition) is 1. The van der Waals surface area contributed by atoms with Gasteiger partial charge < -0.3 is 19.9 Å². The van der Waals surface area contributed by atoms with Crippen molar-refractivity contribution in [2.75, 3.05) is 39.8 Å². The smallest absolute Gasteiger partial charge is 0.317 e. The summed E-state index contributed by atoms with van der Waals surface area (Å²) < 4.78 is 5.82. The Hall–Kier alpha value is -1.67. The van der Waals surface area contributed by atoms with E-state index in [9.17, 15) is 9.59 Å². The fourth-order valence-corrected chi connectivity index (χ4v) is 4.36. The summed E-state index contributed by atoms with van der Waals surface area (Å²) in [6.07, 6.45) is 2.29. The number of morpholine rings is 1. The Bertz CT molecular complexity index is 653. The van der Waals surface area contributed by atoms with Gasteiger partial charge in [-0.3, -0.25) is 4.79 Å². The normalized spacial score (nSPS) is 20.1. The van der Waals surface area contributed by atoms with Crippen molar-refractivity contribution in [1.29, 1.82) is 0 Å². The summed E-state index contributed by atoms with van der Waals surface area (Å²) >= 11 is 1.66. The predicted octanol–water partition coefficient (Wildman–Crippen LogP) is 1.84. The fraction of sp³-hybridized carbons (Fsp3) is 0.722. The molecule has 26 heavy (non-hydrogen) atoms. The molecule has 3 amide bonds. The molecule has 2 fully saturated rings. The molecule has 7 nitrogen and oxygen atoms in total. The monoisotopic (exact) mass is 380 g/mol. The second kappa shape index (κ2) is 7.92. The van der Waals surface area contributed by atoms with Crippen LogP contribution >= 0.6 is 11.3 Å². The highest BCUT2D eigenvalue weighted by atomic mass is 32.1. The summed E-state index contributed by atoms with van der Waals surface area (Å²) in [6, 6.07) is -0.0271. The van der Waals surface area contributed by atoms with Gasteiger partial charge in [-0.2, -0.15) is 0 Å². The van der Waals surface area contributed by atoms with Crippen molar-refractivity contribution in [1.82, 2.24) is 20.1 Å². The first kappa shape index (κ1) is 19.1. The van der Waals surface area contributed by atoms with Crippen molar-refractivity contribution in [3.05, 3.63) is 16.1 Å². The second-order valence-corrected chi connectivity index (χ2v) is 8.45. The SMILES string of the molecule is CC(C)c1csc(CCNC(=O)N2CCC3(CC2)CN(C)C(=O)CO3)n1. The van der Waals surface area contributed by atoms with Crippen molar-refractivity contribution >= 4 is 23.3 Å². The van der Waals surface area contributed by atoms with Gasteiger partial charge in [0.15, 0.2) is 0 Å². The molecule has 0 bridgehead atoms. The van der Waals surface area contributed by atoms with Crippen LogP contribution in [0.5, 0.6) is 0 Å². The van der Waals surface area contributed by atoms with Gasteiger partial charge in [0.05, 0.1) is 16.3 Å². The molecule has 0 aliphatic carbocycles. The highest BCUT2D eigenvalue weighted by molar-refractivity contribution is 7.09. The first-order valence-electron chi connectivity index (χ1n) is 9.23. The molecule has 1 spiro atoms. The quantitative estimate of drug-likeness (QED) is 0.865. The average Bonchev–Trinajstić information content (AvgIpc) is 3.08. The van der Waals surface area contributed by atoms with E-state index in [-0.39, 0.29) is 24.1 Å². The Morgan fingerprint density at radius 2 is 2.15 bits per heavy atom. The molecule has 0 radical (unpaired) electrons. The number of aromatic nitrogens is 1. The third-order valence-electron chi connectivity index (χ3n) is 5.19. The first-order valence-corrected chi connectivity index (χ1v) is 10.1. The lowest BCUT2D eigenvalue weighted by atomic mass is 9.89. The Balaban J connectivity index is 1.41. The number of likely N-dealkylation sites (N-methyl/N-ethyl adjacent to an activating group) is 1. The largest absolute Gasteiger partial charge is 0.363 e. The standard InChI is InChI=1S/C18H28N4O3S/c1-13(2)14-11-26-15(20-14)4-7-19-17(24)22-8-5-18(6-9-22)12-21(3)16(23)10-25-18/h11,13H,4-10,12H2,1-3H3,(H,19,24). The Morgan fingerprint density at radius 1 is 1.42 bits per heavy atom. The Kier molecular flexibility index (Phi) is 5.82. The molecule has 3 rings (SSSR count). The van der Waals surface area contributed by atoms with Crippen LogP contribution in [0.2, 0.25) is 0 Å².